The molecule has 2 aromatic carbocycles. The van der Waals surface area contributed by atoms with Crippen LogP contribution < -0.4 is 19.7 Å². The summed E-state index contributed by atoms with van der Waals surface area (Å²) in [6, 6.07) is 10.9. The molecule has 6 rings (SSSR count). The lowest BCUT2D eigenvalue weighted by Crippen LogP contribution is -2.46. The summed E-state index contributed by atoms with van der Waals surface area (Å²) in [6.45, 7) is -0.147. The van der Waals surface area contributed by atoms with Crippen LogP contribution in [0.5, 0.6) is 11.6 Å². The molecular formula is C38H46ClF2N5O7S. The zero-order valence-corrected chi connectivity index (χ0v) is 32.3. The highest BCUT2D eigenvalue weighted by molar-refractivity contribution is 7.76. The first-order valence-corrected chi connectivity index (χ1v) is 19.7. The topological polar surface area (TPSA) is 134 Å². The summed E-state index contributed by atoms with van der Waals surface area (Å²) < 4.78 is 70.0. The average Bonchev–Trinajstić information content (AvgIpc) is 3.51. The number of methoxy groups -OCH3 is 2. The van der Waals surface area contributed by atoms with Gasteiger partial charge in [0.2, 0.25) is 5.88 Å². The molecule has 0 spiro atoms. The van der Waals surface area contributed by atoms with E-state index < -0.39 is 52.5 Å². The van der Waals surface area contributed by atoms with Crippen molar-refractivity contribution in [2.45, 2.75) is 69.8 Å². The standard InChI is InChI=1S/C38H46ClF2N5O7S/c1-22-31(53-38(40)41)14-15-32(50-3)28-12-9-26(28)20-46-19-25-8-11-27(39)17-23(25)7-5-6-16-52-33-13-10-24(18-30(33)46)34(47)44-54(49)37(22)42-35(48)29-21-45(2)43-36(29)51-4/h8,10-11,13-15,17-18,21-22,26,28,31-32,37-38,54H,5-7,9,12,16,19-20H2,1-4H3,(H,42,48)/b15-14+/t22-,26-,28+,31-,32-,37?/m0/s1. The summed E-state index contributed by atoms with van der Waals surface area (Å²) in [5.41, 5.74) is 3.07. The van der Waals surface area contributed by atoms with Crippen molar-refractivity contribution in [3.63, 3.8) is 0 Å². The van der Waals surface area contributed by atoms with Gasteiger partial charge in [-0.3, -0.25) is 18.5 Å². The number of thiol groups is 1. The minimum Gasteiger partial charge on any atom is -0.491 e. The Balaban J connectivity index is 1.47. The number of hydrogen-bond acceptors (Lipinski definition) is 9. The van der Waals surface area contributed by atoms with Crippen LogP contribution in [0.25, 0.3) is 0 Å². The maximum Gasteiger partial charge on any atom is 0.345 e. The number of nitrogens with one attached hydrogen (secondary N) is 1. The zero-order chi connectivity index (χ0) is 38.5. The van der Waals surface area contributed by atoms with E-state index >= 15 is 0 Å². The van der Waals surface area contributed by atoms with E-state index in [1.807, 2.05) is 18.2 Å². The van der Waals surface area contributed by atoms with Crippen LogP contribution in [-0.2, 0) is 40.1 Å². The molecule has 16 heteroatoms. The summed E-state index contributed by atoms with van der Waals surface area (Å²) >= 11 is 6.44. The smallest absolute Gasteiger partial charge is 0.345 e. The largest absolute Gasteiger partial charge is 0.491 e. The van der Waals surface area contributed by atoms with Crippen molar-refractivity contribution in [3.05, 3.63) is 82.0 Å². The SMILES string of the molecule is COc1nn(C)cc1C(=O)NC1[C@@H](C)[C@@H](OC(F)F)/C=C/[C@H](OC)[C@@H]2CC[C@H]2CN2Cc3ccc(Cl)cc3CCCCOc3ccc(cc32)C(=O)/N=[SH]\1=O. The van der Waals surface area contributed by atoms with Crippen molar-refractivity contribution in [1.82, 2.24) is 15.1 Å². The normalized spacial score (nSPS) is 27.2. The lowest BCUT2D eigenvalue weighted by atomic mass is 9.70. The maximum absolute atomic E-state index is 14.1. The molecular weight excluding hydrogens is 744 g/mol. The molecule has 3 aromatic rings. The van der Waals surface area contributed by atoms with Crippen LogP contribution in [0.4, 0.5) is 14.5 Å². The van der Waals surface area contributed by atoms with Gasteiger partial charge in [-0.2, -0.15) is 13.1 Å². The summed E-state index contributed by atoms with van der Waals surface area (Å²) in [5.74, 6) is -1.85. The van der Waals surface area contributed by atoms with Gasteiger partial charge in [-0.05, 0) is 85.4 Å². The van der Waals surface area contributed by atoms with Crippen LogP contribution in [0.2, 0.25) is 5.02 Å². The van der Waals surface area contributed by atoms with Gasteiger partial charge >= 0.3 is 6.61 Å². The highest BCUT2D eigenvalue weighted by Gasteiger charge is 2.39. The number of fused-ring (bicyclic) bond motifs is 3. The van der Waals surface area contributed by atoms with E-state index in [-0.39, 0.29) is 28.8 Å². The first kappa shape index (κ1) is 39.6. The van der Waals surface area contributed by atoms with Crippen LogP contribution in [0.1, 0.15) is 64.4 Å². The summed E-state index contributed by atoms with van der Waals surface area (Å²) in [4.78, 5) is 29.7. The van der Waals surface area contributed by atoms with Gasteiger partial charge in [0.25, 0.3) is 11.8 Å². The Labute approximate surface area is 320 Å². The zero-order valence-electron chi connectivity index (χ0n) is 30.6. The second-order valence-corrected chi connectivity index (χ2v) is 15.7. The lowest BCUT2D eigenvalue weighted by molar-refractivity contribution is -0.161. The molecule has 54 heavy (non-hydrogen) atoms. The molecule has 1 aliphatic carbocycles. The Bertz CT molecular complexity index is 1950. The second kappa shape index (κ2) is 17.6. The molecule has 292 valence electrons. The molecule has 7 atom stereocenters. The molecule has 2 aliphatic heterocycles. The number of ether oxygens (including phenoxy) is 4. The number of hydrogen-bond donors (Lipinski definition) is 2. The number of carbonyl (C=O) groups excluding carboxylic acids is 2. The van der Waals surface area contributed by atoms with Crippen molar-refractivity contribution < 1.29 is 41.5 Å². The molecule has 3 heterocycles. The Morgan fingerprint density at radius 1 is 1.09 bits per heavy atom. The van der Waals surface area contributed by atoms with Gasteiger partial charge in [0.1, 0.15) is 16.7 Å². The van der Waals surface area contributed by atoms with E-state index in [2.05, 4.69) is 19.7 Å². The van der Waals surface area contributed by atoms with Crippen molar-refractivity contribution in [1.29, 1.82) is 0 Å². The number of aryl methyl sites for hydroxylation is 2. The molecule has 1 saturated carbocycles. The van der Waals surface area contributed by atoms with E-state index in [4.69, 9.17) is 30.5 Å². The molecule has 12 nitrogen and oxygen atoms in total. The Kier molecular flexibility index (Phi) is 12.9. The van der Waals surface area contributed by atoms with Gasteiger partial charge in [-0.15, -0.1) is 5.10 Å². The van der Waals surface area contributed by atoms with Crippen LogP contribution in [-0.4, -0.2) is 77.4 Å². The molecule has 1 N–H and O–H groups in total. The van der Waals surface area contributed by atoms with Crippen molar-refractivity contribution in [3.8, 4) is 11.6 Å². The quantitative estimate of drug-likeness (QED) is 0.221. The van der Waals surface area contributed by atoms with Crippen molar-refractivity contribution in [2.24, 2.45) is 29.2 Å². The predicted molar refractivity (Wildman–Crippen MR) is 201 cm³/mol. The molecule has 0 saturated heterocycles. The third kappa shape index (κ3) is 9.07. The van der Waals surface area contributed by atoms with E-state index in [9.17, 15) is 22.6 Å². The van der Waals surface area contributed by atoms with E-state index in [0.29, 0.717) is 36.2 Å². The number of rotatable bonds is 6. The molecule has 1 fully saturated rings. The van der Waals surface area contributed by atoms with E-state index in [1.54, 1.807) is 38.4 Å². The summed E-state index contributed by atoms with van der Waals surface area (Å²) in [7, 11) is 1.54. The van der Waals surface area contributed by atoms with Gasteiger partial charge in [-0.1, -0.05) is 36.7 Å². The molecule has 1 aromatic heterocycles. The highest BCUT2D eigenvalue weighted by Crippen LogP contribution is 2.42. The minimum absolute atomic E-state index is 0.00200. The first-order valence-electron chi connectivity index (χ1n) is 18.0. The third-order valence-corrected chi connectivity index (χ3v) is 12.2. The number of aromatic nitrogens is 2. The Hall–Kier alpha value is -4.05. The number of amides is 2. The highest BCUT2D eigenvalue weighted by atomic mass is 35.5. The monoisotopic (exact) mass is 789 g/mol. The summed E-state index contributed by atoms with van der Waals surface area (Å²) in [5, 5.41) is 5.99. The van der Waals surface area contributed by atoms with Crippen molar-refractivity contribution in [2.75, 3.05) is 32.3 Å². The van der Waals surface area contributed by atoms with Crippen LogP contribution in [0.3, 0.4) is 0 Å². The molecule has 3 aliphatic rings. The number of anilines is 1. The predicted octanol–water partition coefficient (Wildman–Crippen LogP) is 6.22. The van der Waals surface area contributed by atoms with Crippen molar-refractivity contribution >= 4 is 39.7 Å². The molecule has 2 bridgehead atoms. The number of benzene rings is 2. The van der Waals surface area contributed by atoms with Gasteiger partial charge in [0.15, 0.2) is 0 Å². The maximum atomic E-state index is 14.1. The van der Waals surface area contributed by atoms with E-state index in [0.717, 1.165) is 43.2 Å². The molecule has 2 unspecified atom stereocenters. The third-order valence-electron chi connectivity index (χ3n) is 10.5. The number of nitrogens with zero attached hydrogens (tertiary/aromatic N) is 4. The average molecular weight is 790 g/mol. The van der Waals surface area contributed by atoms with Gasteiger partial charge in [0, 0.05) is 49.9 Å². The fraction of sp³-hybridized carbons (Fsp3) is 0.500. The van der Waals surface area contributed by atoms with Crippen LogP contribution in [0.15, 0.2) is 59.1 Å². The fourth-order valence-electron chi connectivity index (χ4n) is 7.43. The Morgan fingerprint density at radius 2 is 1.89 bits per heavy atom. The first-order chi connectivity index (χ1) is 25.9. The fourth-order valence-corrected chi connectivity index (χ4v) is 8.85. The van der Waals surface area contributed by atoms with Gasteiger partial charge in [-0.25, -0.2) is 0 Å². The molecule has 2 amide bonds. The van der Waals surface area contributed by atoms with Crippen LogP contribution in [0, 0.1) is 17.8 Å². The summed E-state index contributed by atoms with van der Waals surface area (Å²) in [6.07, 6.45) is 7.01. The van der Waals surface area contributed by atoms with Gasteiger partial charge < -0.3 is 29.2 Å². The Morgan fingerprint density at radius 3 is 2.61 bits per heavy atom. The lowest BCUT2D eigenvalue weighted by Gasteiger charge is -2.43. The number of halogens is 3. The number of alkyl halides is 2. The van der Waals surface area contributed by atoms with E-state index in [1.165, 1.54) is 31.0 Å². The van der Waals surface area contributed by atoms with Crippen LogP contribution >= 0.6 is 11.6 Å². The number of carbonyl (C=O) groups is 2. The minimum atomic E-state index is -3.20. The second-order valence-electron chi connectivity index (χ2n) is 13.9. The van der Waals surface area contributed by atoms with Gasteiger partial charge in [0.05, 0.1) is 42.2 Å². The molecule has 0 radical (unpaired) electrons.